The summed E-state index contributed by atoms with van der Waals surface area (Å²) in [7, 11) is 1.60. The van der Waals surface area contributed by atoms with Gasteiger partial charge < -0.3 is 10.1 Å². The molecule has 0 fully saturated rings. The van der Waals surface area contributed by atoms with E-state index >= 15 is 0 Å². The third-order valence-electron chi connectivity index (χ3n) is 3.31. The van der Waals surface area contributed by atoms with E-state index in [1.165, 1.54) is 6.08 Å². The van der Waals surface area contributed by atoms with E-state index in [1.807, 2.05) is 36.4 Å². The van der Waals surface area contributed by atoms with Gasteiger partial charge in [-0.2, -0.15) is 0 Å². The van der Waals surface area contributed by atoms with Crippen LogP contribution >= 0.6 is 31.9 Å². The molecular weight excluding hydrogens is 422 g/mol. The SMILES string of the molecule is CCc1ccccc1NC(=O)/C=C/c1cc(Br)cc(Br)c1OC. The maximum atomic E-state index is 12.2. The highest BCUT2D eigenvalue weighted by Crippen LogP contribution is 2.33. The second kappa shape index (κ2) is 8.31. The summed E-state index contributed by atoms with van der Waals surface area (Å²) in [5, 5.41) is 2.91. The quantitative estimate of drug-likeness (QED) is 0.631. The molecule has 5 heteroatoms. The predicted molar refractivity (Wildman–Crippen MR) is 102 cm³/mol. The van der Waals surface area contributed by atoms with Crippen LogP contribution < -0.4 is 10.1 Å². The van der Waals surface area contributed by atoms with Crippen LogP contribution in [0.2, 0.25) is 0 Å². The molecule has 0 atom stereocenters. The Balaban J connectivity index is 2.19. The Morgan fingerprint density at radius 1 is 1.26 bits per heavy atom. The first kappa shape index (κ1) is 17.8. The van der Waals surface area contributed by atoms with E-state index in [2.05, 4.69) is 44.1 Å². The molecule has 0 aliphatic heterocycles. The maximum absolute atomic E-state index is 12.2. The molecule has 2 rings (SSSR count). The first-order chi connectivity index (χ1) is 11.0. The van der Waals surface area contributed by atoms with E-state index < -0.39 is 0 Å². The number of anilines is 1. The summed E-state index contributed by atoms with van der Waals surface area (Å²) in [6.07, 6.45) is 4.11. The number of halogens is 2. The summed E-state index contributed by atoms with van der Waals surface area (Å²) < 4.78 is 7.10. The summed E-state index contributed by atoms with van der Waals surface area (Å²) in [5.41, 5.74) is 2.76. The molecule has 120 valence electrons. The molecule has 0 aromatic heterocycles. The third kappa shape index (κ3) is 4.69. The number of amides is 1. The van der Waals surface area contributed by atoms with Crippen LogP contribution in [0.3, 0.4) is 0 Å². The number of hydrogen-bond acceptors (Lipinski definition) is 2. The van der Waals surface area contributed by atoms with Crippen molar-refractivity contribution in [3.8, 4) is 5.75 Å². The molecule has 0 spiro atoms. The Morgan fingerprint density at radius 3 is 2.70 bits per heavy atom. The monoisotopic (exact) mass is 437 g/mol. The largest absolute Gasteiger partial charge is 0.495 e. The summed E-state index contributed by atoms with van der Waals surface area (Å²) in [6.45, 7) is 2.06. The van der Waals surface area contributed by atoms with Gasteiger partial charge in [0.25, 0.3) is 0 Å². The molecule has 0 unspecified atom stereocenters. The average Bonchev–Trinajstić information content (AvgIpc) is 2.53. The Morgan fingerprint density at radius 2 is 2.00 bits per heavy atom. The summed E-state index contributed by atoms with van der Waals surface area (Å²) in [4.78, 5) is 12.2. The molecule has 23 heavy (non-hydrogen) atoms. The lowest BCUT2D eigenvalue weighted by Gasteiger charge is -2.09. The van der Waals surface area contributed by atoms with Crippen molar-refractivity contribution in [2.24, 2.45) is 0 Å². The van der Waals surface area contributed by atoms with Crippen LogP contribution in [0, 0.1) is 0 Å². The molecule has 0 saturated carbocycles. The first-order valence-corrected chi connectivity index (χ1v) is 8.73. The fraction of sp³-hybridized carbons (Fsp3) is 0.167. The minimum absolute atomic E-state index is 0.177. The van der Waals surface area contributed by atoms with Crippen molar-refractivity contribution in [2.75, 3.05) is 12.4 Å². The van der Waals surface area contributed by atoms with E-state index in [0.29, 0.717) is 5.75 Å². The number of aryl methyl sites for hydroxylation is 1. The molecule has 0 saturated heterocycles. The minimum Gasteiger partial charge on any atom is -0.495 e. The number of rotatable bonds is 5. The van der Waals surface area contributed by atoms with Gasteiger partial charge in [0, 0.05) is 21.8 Å². The Hall–Kier alpha value is -1.59. The summed E-state index contributed by atoms with van der Waals surface area (Å²) >= 11 is 6.88. The van der Waals surface area contributed by atoms with Crippen LogP contribution in [0.4, 0.5) is 5.69 Å². The minimum atomic E-state index is -0.177. The number of hydrogen-bond donors (Lipinski definition) is 1. The van der Waals surface area contributed by atoms with Crippen molar-refractivity contribution in [1.82, 2.24) is 0 Å². The van der Waals surface area contributed by atoms with Crippen LogP contribution in [0.15, 0.2) is 51.4 Å². The molecule has 1 N–H and O–H groups in total. The zero-order chi connectivity index (χ0) is 16.8. The van der Waals surface area contributed by atoms with Crippen LogP contribution in [-0.2, 0) is 11.2 Å². The number of methoxy groups -OCH3 is 1. The highest BCUT2D eigenvalue weighted by atomic mass is 79.9. The van der Waals surface area contributed by atoms with Gasteiger partial charge >= 0.3 is 0 Å². The molecule has 0 heterocycles. The van der Waals surface area contributed by atoms with Crippen LogP contribution in [0.5, 0.6) is 5.75 Å². The second-order valence-corrected chi connectivity index (χ2v) is 6.61. The number of benzene rings is 2. The summed E-state index contributed by atoms with van der Waals surface area (Å²) in [6, 6.07) is 11.6. The standard InChI is InChI=1S/C18H17Br2NO2/c1-3-12-6-4-5-7-16(12)21-17(22)9-8-13-10-14(19)11-15(20)18(13)23-2/h4-11H,3H2,1-2H3,(H,21,22)/b9-8+. The molecule has 1 amide bonds. The normalized spacial score (nSPS) is 10.8. The van der Waals surface area contributed by atoms with Gasteiger partial charge in [0.05, 0.1) is 11.6 Å². The Kier molecular flexibility index (Phi) is 6.42. The molecule has 0 aliphatic rings. The topological polar surface area (TPSA) is 38.3 Å². The van der Waals surface area contributed by atoms with Gasteiger partial charge in [-0.15, -0.1) is 0 Å². The zero-order valence-corrected chi connectivity index (χ0v) is 16.1. The van der Waals surface area contributed by atoms with Gasteiger partial charge in [0.2, 0.25) is 5.91 Å². The van der Waals surface area contributed by atoms with Crippen LogP contribution in [0.1, 0.15) is 18.1 Å². The van der Waals surface area contributed by atoms with E-state index in [1.54, 1.807) is 13.2 Å². The van der Waals surface area contributed by atoms with E-state index in [-0.39, 0.29) is 5.91 Å². The van der Waals surface area contributed by atoms with E-state index in [9.17, 15) is 4.79 Å². The number of nitrogens with one attached hydrogen (secondary N) is 1. The molecular formula is C18H17Br2NO2. The zero-order valence-electron chi connectivity index (χ0n) is 12.9. The Labute approximate surface area is 153 Å². The highest BCUT2D eigenvalue weighted by Gasteiger charge is 2.08. The van der Waals surface area contributed by atoms with Crippen molar-refractivity contribution in [3.05, 3.63) is 62.5 Å². The lowest BCUT2D eigenvalue weighted by atomic mass is 10.1. The molecule has 0 bridgehead atoms. The van der Waals surface area contributed by atoms with Gasteiger partial charge in [-0.3, -0.25) is 4.79 Å². The van der Waals surface area contributed by atoms with Crippen LogP contribution in [-0.4, -0.2) is 13.0 Å². The smallest absolute Gasteiger partial charge is 0.248 e. The van der Waals surface area contributed by atoms with Crippen molar-refractivity contribution in [2.45, 2.75) is 13.3 Å². The van der Waals surface area contributed by atoms with Gasteiger partial charge in [-0.25, -0.2) is 0 Å². The molecule has 2 aromatic carbocycles. The molecule has 0 radical (unpaired) electrons. The van der Waals surface area contributed by atoms with Gasteiger partial charge in [0.15, 0.2) is 0 Å². The third-order valence-corrected chi connectivity index (χ3v) is 4.36. The number of carbonyl (C=O) groups is 1. The number of ether oxygens (including phenoxy) is 1. The second-order valence-electron chi connectivity index (χ2n) is 4.84. The fourth-order valence-electron chi connectivity index (χ4n) is 2.21. The molecule has 2 aromatic rings. The maximum Gasteiger partial charge on any atom is 0.248 e. The highest BCUT2D eigenvalue weighted by molar-refractivity contribution is 9.11. The fourth-order valence-corrected chi connectivity index (χ4v) is 3.63. The first-order valence-electron chi connectivity index (χ1n) is 7.15. The number of carbonyl (C=O) groups excluding carboxylic acids is 1. The van der Waals surface area contributed by atoms with Crippen molar-refractivity contribution in [3.63, 3.8) is 0 Å². The lowest BCUT2D eigenvalue weighted by Crippen LogP contribution is -2.09. The average molecular weight is 439 g/mol. The van der Waals surface area contributed by atoms with Gasteiger partial charge in [0.1, 0.15) is 5.75 Å². The molecule has 3 nitrogen and oxygen atoms in total. The van der Waals surface area contributed by atoms with Crippen LogP contribution in [0.25, 0.3) is 6.08 Å². The van der Waals surface area contributed by atoms with Crippen molar-refractivity contribution >= 4 is 49.5 Å². The van der Waals surface area contributed by atoms with E-state index in [0.717, 1.165) is 32.2 Å². The summed E-state index contributed by atoms with van der Waals surface area (Å²) in [5.74, 6) is 0.509. The Bertz CT molecular complexity index is 742. The van der Waals surface area contributed by atoms with E-state index in [4.69, 9.17) is 4.74 Å². The van der Waals surface area contributed by atoms with Gasteiger partial charge in [-0.1, -0.05) is 41.1 Å². The van der Waals surface area contributed by atoms with Crippen molar-refractivity contribution in [1.29, 1.82) is 0 Å². The van der Waals surface area contributed by atoms with Gasteiger partial charge in [-0.05, 0) is 52.2 Å². The predicted octanol–water partition coefficient (Wildman–Crippen LogP) is 5.43. The molecule has 0 aliphatic carbocycles. The number of para-hydroxylation sites is 1. The lowest BCUT2D eigenvalue weighted by molar-refractivity contribution is -0.111. The van der Waals surface area contributed by atoms with Crippen molar-refractivity contribution < 1.29 is 9.53 Å².